The van der Waals surface area contributed by atoms with E-state index in [9.17, 15) is 24.2 Å². The number of fused-ring (bicyclic) bond motifs is 1. The summed E-state index contributed by atoms with van der Waals surface area (Å²) in [7, 11) is 0. The first-order valence-corrected chi connectivity index (χ1v) is 11.9. The zero-order valence-corrected chi connectivity index (χ0v) is 20.3. The minimum Gasteiger partial charge on any atom is -0.508 e. The minimum atomic E-state index is -0.965. The Kier molecular flexibility index (Phi) is 7.64. The van der Waals surface area contributed by atoms with Crippen molar-refractivity contribution in [1.82, 2.24) is 0 Å². The van der Waals surface area contributed by atoms with Crippen LogP contribution >= 0.6 is 11.6 Å². The van der Waals surface area contributed by atoms with Crippen LogP contribution in [0.2, 0.25) is 5.02 Å². The Labute approximate surface area is 212 Å². The zero-order valence-electron chi connectivity index (χ0n) is 19.6. The van der Waals surface area contributed by atoms with Gasteiger partial charge in [0, 0.05) is 11.3 Å². The number of phenolic OH excluding ortho intramolecular Hbond substituents is 2. The fraction of sp³-hybridized carbons (Fsp3) is 0.259. The number of aryl methyl sites for hydroxylation is 2. The molecule has 188 valence electrons. The highest BCUT2D eigenvalue weighted by atomic mass is 35.5. The van der Waals surface area contributed by atoms with E-state index in [4.69, 9.17) is 21.1 Å². The molecule has 1 amide bonds. The third-order valence-corrected chi connectivity index (χ3v) is 6.26. The van der Waals surface area contributed by atoms with Crippen molar-refractivity contribution in [2.24, 2.45) is 0 Å². The second kappa shape index (κ2) is 10.9. The Bertz CT molecular complexity index is 1330. The van der Waals surface area contributed by atoms with Gasteiger partial charge in [0.15, 0.2) is 11.6 Å². The van der Waals surface area contributed by atoms with Crippen molar-refractivity contribution >= 4 is 29.2 Å². The summed E-state index contributed by atoms with van der Waals surface area (Å²) in [5.41, 5.74) is 3.42. The van der Waals surface area contributed by atoms with Gasteiger partial charge < -0.3 is 25.0 Å². The normalized spacial score (nSPS) is 12.2. The average Bonchev–Trinajstić information content (AvgIpc) is 3.34. The fourth-order valence-electron chi connectivity index (χ4n) is 4.24. The predicted octanol–water partition coefficient (Wildman–Crippen LogP) is 5.46. The molecular formula is C27H25ClFNO6. The zero-order chi connectivity index (χ0) is 25.8. The van der Waals surface area contributed by atoms with Gasteiger partial charge in [0.1, 0.15) is 17.2 Å². The van der Waals surface area contributed by atoms with Crippen LogP contribution in [0.1, 0.15) is 35.6 Å². The molecule has 0 atom stereocenters. The van der Waals surface area contributed by atoms with Gasteiger partial charge in [0.2, 0.25) is 0 Å². The van der Waals surface area contributed by atoms with Crippen molar-refractivity contribution in [3.8, 4) is 23.0 Å². The van der Waals surface area contributed by atoms with Gasteiger partial charge in [-0.25, -0.2) is 9.18 Å². The number of hydrogen-bond acceptors (Lipinski definition) is 6. The SMILES string of the molecule is CCOC(=O)C(=O)Nc1cc(Cl)c(Oc2ccc(O)c(CCc3ccc(O)c(F)c3)c2)c2c1CCC2. The van der Waals surface area contributed by atoms with Crippen molar-refractivity contribution in [1.29, 1.82) is 0 Å². The summed E-state index contributed by atoms with van der Waals surface area (Å²) in [4.78, 5) is 23.9. The van der Waals surface area contributed by atoms with Crippen molar-refractivity contribution in [3.05, 3.63) is 75.6 Å². The van der Waals surface area contributed by atoms with Crippen LogP contribution in [0.3, 0.4) is 0 Å². The Hall–Kier alpha value is -3.78. The van der Waals surface area contributed by atoms with Gasteiger partial charge in [-0.2, -0.15) is 0 Å². The first-order chi connectivity index (χ1) is 17.3. The lowest BCUT2D eigenvalue weighted by molar-refractivity contribution is -0.152. The molecule has 1 aliphatic rings. The van der Waals surface area contributed by atoms with Crippen molar-refractivity contribution in [2.45, 2.75) is 39.0 Å². The van der Waals surface area contributed by atoms with E-state index < -0.39 is 23.4 Å². The smallest absolute Gasteiger partial charge is 0.397 e. The molecule has 3 aromatic rings. The number of benzene rings is 3. The third-order valence-electron chi connectivity index (χ3n) is 5.98. The van der Waals surface area contributed by atoms with E-state index in [1.165, 1.54) is 18.2 Å². The summed E-state index contributed by atoms with van der Waals surface area (Å²) in [5.74, 6) is -1.95. The molecule has 0 radical (unpaired) electrons. The summed E-state index contributed by atoms with van der Waals surface area (Å²) in [5, 5.41) is 22.5. The average molecular weight is 514 g/mol. The first-order valence-electron chi connectivity index (χ1n) is 11.6. The third kappa shape index (κ3) is 5.54. The molecule has 7 nitrogen and oxygen atoms in total. The Morgan fingerprint density at radius 3 is 2.53 bits per heavy atom. The molecule has 0 saturated carbocycles. The topological polar surface area (TPSA) is 105 Å². The molecule has 0 spiro atoms. The number of phenols is 2. The number of amides is 1. The standard InChI is InChI=1S/C27H25ClFNO6/c1-2-35-27(34)26(33)30-22-14-20(28)25(19-5-3-4-18(19)22)36-17-9-11-23(31)16(13-17)8-6-15-7-10-24(32)21(29)12-15/h7,9-14,31-32H,2-6,8H2,1H3,(H,30,33). The lowest BCUT2D eigenvalue weighted by atomic mass is 10.0. The number of hydrogen-bond donors (Lipinski definition) is 3. The summed E-state index contributed by atoms with van der Waals surface area (Å²) < 4.78 is 24.5. The predicted molar refractivity (Wildman–Crippen MR) is 132 cm³/mol. The Balaban J connectivity index is 1.55. The molecule has 0 aromatic heterocycles. The largest absolute Gasteiger partial charge is 0.508 e. The van der Waals surface area contributed by atoms with E-state index in [1.54, 1.807) is 31.2 Å². The highest BCUT2D eigenvalue weighted by Gasteiger charge is 2.26. The molecule has 3 N–H and O–H groups in total. The molecule has 0 bridgehead atoms. The summed E-state index contributed by atoms with van der Waals surface area (Å²) in [6.07, 6.45) is 3.06. The second-order valence-corrected chi connectivity index (χ2v) is 8.81. The van der Waals surface area contributed by atoms with Gasteiger partial charge in [-0.05, 0) is 92.1 Å². The summed E-state index contributed by atoms with van der Waals surface area (Å²) in [6, 6.07) is 10.6. The van der Waals surface area contributed by atoms with Crippen LogP contribution in [-0.4, -0.2) is 28.7 Å². The van der Waals surface area contributed by atoms with E-state index in [0.29, 0.717) is 54.0 Å². The first kappa shape index (κ1) is 25.3. The van der Waals surface area contributed by atoms with Crippen LogP contribution in [-0.2, 0) is 40.0 Å². The molecule has 9 heteroatoms. The molecule has 1 aliphatic carbocycles. The van der Waals surface area contributed by atoms with E-state index in [1.807, 2.05) is 0 Å². The van der Waals surface area contributed by atoms with Crippen molar-refractivity contribution in [2.75, 3.05) is 11.9 Å². The maximum atomic E-state index is 13.6. The minimum absolute atomic E-state index is 0.0787. The number of nitrogens with one attached hydrogen (secondary N) is 1. The number of ether oxygens (including phenoxy) is 2. The maximum Gasteiger partial charge on any atom is 0.397 e. The lowest BCUT2D eigenvalue weighted by Gasteiger charge is -2.17. The van der Waals surface area contributed by atoms with Crippen molar-refractivity contribution < 1.29 is 33.7 Å². The van der Waals surface area contributed by atoms with Gasteiger partial charge >= 0.3 is 11.9 Å². The Morgan fingerprint density at radius 1 is 1.03 bits per heavy atom. The monoisotopic (exact) mass is 513 g/mol. The number of anilines is 1. The van der Waals surface area contributed by atoms with Crippen LogP contribution in [0.4, 0.5) is 10.1 Å². The van der Waals surface area contributed by atoms with E-state index >= 15 is 0 Å². The molecule has 0 saturated heterocycles. The number of aromatic hydroxyl groups is 2. The van der Waals surface area contributed by atoms with E-state index in [0.717, 1.165) is 17.5 Å². The Morgan fingerprint density at radius 2 is 1.78 bits per heavy atom. The van der Waals surface area contributed by atoms with Crippen LogP contribution in [0.25, 0.3) is 0 Å². The number of carbonyl (C=O) groups is 2. The number of esters is 1. The molecule has 36 heavy (non-hydrogen) atoms. The molecular weight excluding hydrogens is 489 g/mol. The highest BCUT2D eigenvalue weighted by Crippen LogP contribution is 2.43. The van der Waals surface area contributed by atoms with Gasteiger partial charge in [-0.1, -0.05) is 17.7 Å². The second-order valence-electron chi connectivity index (χ2n) is 8.40. The number of carbonyl (C=O) groups excluding carboxylic acids is 2. The number of halogens is 2. The van der Waals surface area contributed by atoms with E-state index in [-0.39, 0.29) is 17.4 Å². The van der Waals surface area contributed by atoms with Crippen LogP contribution < -0.4 is 10.1 Å². The molecule has 4 rings (SSSR count). The lowest BCUT2D eigenvalue weighted by Crippen LogP contribution is -2.25. The van der Waals surface area contributed by atoms with Crippen LogP contribution in [0.15, 0.2) is 42.5 Å². The van der Waals surface area contributed by atoms with Gasteiger partial charge in [-0.3, -0.25) is 4.79 Å². The summed E-state index contributed by atoms with van der Waals surface area (Å²) in [6.45, 7) is 1.71. The quantitative estimate of drug-likeness (QED) is 0.286. The van der Waals surface area contributed by atoms with Gasteiger partial charge in [-0.15, -0.1) is 0 Å². The van der Waals surface area contributed by atoms with Gasteiger partial charge in [0.05, 0.1) is 11.6 Å². The summed E-state index contributed by atoms with van der Waals surface area (Å²) >= 11 is 6.53. The van der Waals surface area contributed by atoms with Crippen LogP contribution in [0.5, 0.6) is 23.0 Å². The molecule has 0 aliphatic heterocycles. The van der Waals surface area contributed by atoms with Crippen molar-refractivity contribution in [3.63, 3.8) is 0 Å². The molecule has 0 heterocycles. The highest BCUT2D eigenvalue weighted by molar-refractivity contribution is 6.38. The van der Waals surface area contributed by atoms with E-state index in [2.05, 4.69) is 5.32 Å². The molecule has 3 aromatic carbocycles. The fourth-order valence-corrected chi connectivity index (χ4v) is 4.50. The number of rotatable bonds is 7. The molecule has 0 unspecified atom stereocenters. The maximum absolute atomic E-state index is 13.6. The van der Waals surface area contributed by atoms with Gasteiger partial charge in [0.25, 0.3) is 0 Å². The van der Waals surface area contributed by atoms with Crippen LogP contribution in [0, 0.1) is 5.82 Å². The molecule has 0 fully saturated rings.